The van der Waals surface area contributed by atoms with Crippen molar-refractivity contribution in [3.63, 3.8) is 0 Å². The third kappa shape index (κ3) is 4.78. The van der Waals surface area contributed by atoms with Crippen molar-refractivity contribution in [2.75, 3.05) is 5.32 Å². The number of anilines is 2. The van der Waals surface area contributed by atoms with E-state index in [1.165, 1.54) is 30.3 Å². The number of carbonyl (C=O) groups excluding carboxylic acids is 1. The molecule has 0 aliphatic heterocycles. The van der Waals surface area contributed by atoms with Crippen molar-refractivity contribution in [1.82, 2.24) is 0 Å². The summed E-state index contributed by atoms with van der Waals surface area (Å²) in [7, 11) is 0. The summed E-state index contributed by atoms with van der Waals surface area (Å²) in [6.07, 6.45) is 0. The van der Waals surface area contributed by atoms with Gasteiger partial charge in [-0.2, -0.15) is 0 Å². The molecule has 158 valence electrons. The summed E-state index contributed by atoms with van der Waals surface area (Å²) >= 11 is 0. The second-order valence-corrected chi connectivity index (χ2v) is 8.12. The van der Waals surface area contributed by atoms with Crippen LogP contribution < -0.4 is 5.32 Å². The fourth-order valence-corrected chi connectivity index (χ4v) is 3.17. The van der Waals surface area contributed by atoms with Gasteiger partial charge in [-0.1, -0.05) is 51.1 Å². The zero-order valence-corrected chi connectivity index (χ0v) is 17.4. The van der Waals surface area contributed by atoms with Crippen LogP contribution in [0.2, 0.25) is 0 Å². The lowest BCUT2D eigenvalue weighted by molar-refractivity contribution is -0.383. The number of nitrogens with one attached hydrogen (secondary N) is 1. The monoisotopic (exact) mass is 418 g/mol. The molecule has 3 aromatic carbocycles. The van der Waals surface area contributed by atoms with Gasteiger partial charge < -0.3 is 10.4 Å². The second-order valence-electron chi connectivity index (χ2n) is 8.12. The molecule has 31 heavy (non-hydrogen) atoms. The van der Waals surface area contributed by atoms with E-state index in [1.807, 2.05) is 18.2 Å². The summed E-state index contributed by atoms with van der Waals surface area (Å²) in [6.45, 7) is 6.22. The van der Waals surface area contributed by atoms with E-state index >= 15 is 0 Å². The van der Waals surface area contributed by atoms with E-state index in [0.29, 0.717) is 5.69 Å². The molecule has 3 rings (SSSR count). The Morgan fingerprint density at radius 3 is 2.23 bits per heavy atom. The van der Waals surface area contributed by atoms with Crippen molar-refractivity contribution in [3.05, 3.63) is 99.1 Å². The number of carboxylic acid groups (broad SMARTS) is 1. The maximum atomic E-state index is 12.9. The third-order valence-corrected chi connectivity index (χ3v) is 4.87. The fourth-order valence-electron chi connectivity index (χ4n) is 3.17. The van der Waals surface area contributed by atoms with Gasteiger partial charge >= 0.3 is 5.97 Å². The Hall–Kier alpha value is -4.00. The van der Waals surface area contributed by atoms with E-state index in [-0.39, 0.29) is 33.5 Å². The fraction of sp³-hybridized carbons (Fsp3) is 0.167. The van der Waals surface area contributed by atoms with E-state index in [1.54, 1.807) is 12.1 Å². The van der Waals surface area contributed by atoms with Crippen LogP contribution in [0.4, 0.5) is 17.1 Å². The summed E-state index contributed by atoms with van der Waals surface area (Å²) < 4.78 is 0. The van der Waals surface area contributed by atoms with Crippen LogP contribution in [-0.4, -0.2) is 21.8 Å². The van der Waals surface area contributed by atoms with Gasteiger partial charge in [0, 0.05) is 22.9 Å². The Bertz CT molecular complexity index is 1180. The maximum absolute atomic E-state index is 12.9. The Morgan fingerprint density at radius 1 is 0.935 bits per heavy atom. The SMILES string of the molecule is CC(C)(C)c1cccc(Nc2ccc(C(=O)c3ccccc3C(=O)O)cc2[N+](=O)[O-])c1. The van der Waals surface area contributed by atoms with E-state index in [4.69, 9.17) is 0 Å². The molecule has 0 saturated heterocycles. The lowest BCUT2D eigenvalue weighted by atomic mass is 9.87. The molecule has 3 aromatic rings. The summed E-state index contributed by atoms with van der Waals surface area (Å²) in [5.41, 5.74) is 1.48. The predicted molar refractivity (Wildman–Crippen MR) is 118 cm³/mol. The molecule has 7 nitrogen and oxygen atoms in total. The van der Waals surface area contributed by atoms with Gasteiger partial charge in [0.05, 0.1) is 10.5 Å². The number of nitro benzene ring substituents is 1. The summed E-state index contributed by atoms with van der Waals surface area (Å²) in [5.74, 6) is -1.84. The van der Waals surface area contributed by atoms with Crippen LogP contribution in [-0.2, 0) is 5.41 Å². The van der Waals surface area contributed by atoms with Crippen LogP contribution in [0, 0.1) is 10.1 Å². The van der Waals surface area contributed by atoms with Gasteiger partial charge in [0.15, 0.2) is 5.78 Å². The number of ketones is 1. The summed E-state index contributed by atoms with van der Waals surface area (Å²) in [6, 6.07) is 17.4. The molecule has 0 aliphatic carbocycles. The minimum atomic E-state index is -1.24. The van der Waals surface area contributed by atoms with E-state index < -0.39 is 16.7 Å². The highest BCUT2D eigenvalue weighted by molar-refractivity contribution is 6.14. The molecular formula is C24H22N2O5. The lowest BCUT2D eigenvalue weighted by Gasteiger charge is -2.20. The first-order chi connectivity index (χ1) is 14.6. The molecular weight excluding hydrogens is 396 g/mol. The molecule has 2 N–H and O–H groups in total. The minimum Gasteiger partial charge on any atom is -0.478 e. The van der Waals surface area contributed by atoms with E-state index in [9.17, 15) is 24.8 Å². The van der Waals surface area contributed by atoms with Crippen LogP contribution in [0.1, 0.15) is 52.6 Å². The molecule has 0 aromatic heterocycles. The number of carbonyl (C=O) groups is 2. The van der Waals surface area contributed by atoms with Gasteiger partial charge in [-0.05, 0) is 41.3 Å². The topological polar surface area (TPSA) is 110 Å². The molecule has 0 bridgehead atoms. The average Bonchev–Trinajstić information content (AvgIpc) is 2.73. The molecule has 0 radical (unpaired) electrons. The number of hydrogen-bond donors (Lipinski definition) is 2. The van der Waals surface area contributed by atoms with Crippen molar-refractivity contribution in [3.8, 4) is 0 Å². The van der Waals surface area contributed by atoms with Crippen LogP contribution in [0.15, 0.2) is 66.7 Å². The van der Waals surface area contributed by atoms with Gasteiger partial charge in [-0.15, -0.1) is 0 Å². The number of hydrogen-bond acceptors (Lipinski definition) is 5. The Labute approximate surface area is 179 Å². The standard InChI is InChI=1S/C24H22N2O5/c1-24(2,3)16-7-6-8-17(14-16)25-20-12-11-15(13-21(20)26(30)31)22(27)18-9-4-5-10-19(18)23(28)29/h4-14,25H,1-3H3,(H,28,29). The number of aromatic carboxylic acids is 1. The van der Waals surface area contributed by atoms with Crippen LogP contribution in [0.25, 0.3) is 0 Å². The Morgan fingerprint density at radius 2 is 1.61 bits per heavy atom. The molecule has 0 unspecified atom stereocenters. The zero-order chi connectivity index (χ0) is 22.8. The second kappa shape index (κ2) is 8.39. The van der Waals surface area contributed by atoms with Crippen molar-refractivity contribution < 1.29 is 19.6 Å². The first-order valence-electron chi connectivity index (χ1n) is 9.61. The first kappa shape index (κ1) is 21.7. The van der Waals surface area contributed by atoms with Crippen LogP contribution in [0.5, 0.6) is 0 Å². The number of benzene rings is 3. The highest BCUT2D eigenvalue weighted by Crippen LogP contribution is 2.32. The molecule has 0 heterocycles. The molecule has 0 atom stereocenters. The Balaban J connectivity index is 1.99. The highest BCUT2D eigenvalue weighted by atomic mass is 16.6. The number of carboxylic acids is 1. The molecule has 0 spiro atoms. The quantitative estimate of drug-likeness (QED) is 0.308. The van der Waals surface area contributed by atoms with Gasteiger partial charge in [0.25, 0.3) is 5.69 Å². The largest absolute Gasteiger partial charge is 0.478 e. The molecule has 0 fully saturated rings. The number of nitro groups is 1. The predicted octanol–water partition coefficient (Wildman–Crippen LogP) is 5.57. The van der Waals surface area contributed by atoms with E-state index in [0.717, 1.165) is 11.6 Å². The van der Waals surface area contributed by atoms with Crippen LogP contribution in [0.3, 0.4) is 0 Å². The molecule has 0 aliphatic rings. The molecule has 7 heteroatoms. The smallest absolute Gasteiger partial charge is 0.336 e. The van der Waals surface area contributed by atoms with Crippen molar-refractivity contribution in [2.45, 2.75) is 26.2 Å². The maximum Gasteiger partial charge on any atom is 0.336 e. The Kier molecular flexibility index (Phi) is 5.88. The molecule has 0 saturated carbocycles. The summed E-state index contributed by atoms with van der Waals surface area (Å²) in [5, 5.41) is 24.1. The highest BCUT2D eigenvalue weighted by Gasteiger charge is 2.22. The number of rotatable bonds is 6. The lowest BCUT2D eigenvalue weighted by Crippen LogP contribution is -2.11. The van der Waals surface area contributed by atoms with Crippen LogP contribution >= 0.6 is 0 Å². The van der Waals surface area contributed by atoms with E-state index in [2.05, 4.69) is 26.1 Å². The van der Waals surface area contributed by atoms with Gasteiger partial charge in [0.2, 0.25) is 0 Å². The minimum absolute atomic E-state index is 0.0251. The normalized spacial score (nSPS) is 11.1. The summed E-state index contributed by atoms with van der Waals surface area (Å²) in [4.78, 5) is 35.4. The van der Waals surface area contributed by atoms with Crippen molar-refractivity contribution >= 4 is 28.8 Å². The van der Waals surface area contributed by atoms with Crippen molar-refractivity contribution in [1.29, 1.82) is 0 Å². The third-order valence-electron chi connectivity index (χ3n) is 4.87. The molecule has 0 amide bonds. The average molecular weight is 418 g/mol. The first-order valence-corrected chi connectivity index (χ1v) is 9.61. The van der Waals surface area contributed by atoms with Gasteiger partial charge in [-0.25, -0.2) is 4.79 Å². The van der Waals surface area contributed by atoms with Gasteiger partial charge in [-0.3, -0.25) is 14.9 Å². The zero-order valence-electron chi connectivity index (χ0n) is 17.4. The van der Waals surface area contributed by atoms with Gasteiger partial charge in [0.1, 0.15) is 5.69 Å². The number of nitrogens with zero attached hydrogens (tertiary/aromatic N) is 1. The van der Waals surface area contributed by atoms with Crippen molar-refractivity contribution in [2.24, 2.45) is 0 Å².